The maximum atomic E-state index is 14.7. The first kappa shape index (κ1) is 26.1. The molecule has 0 fully saturated rings. The lowest BCUT2D eigenvalue weighted by Gasteiger charge is -2.20. The van der Waals surface area contributed by atoms with Crippen LogP contribution in [0.15, 0.2) is 54.6 Å². The molecule has 192 valence electrons. The molecule has 4 rings (SSSR count). The maximum absolute atomic E-state index is 14.7. The lowest BCUT2D eigenvalue weighted by Crippen LogP contribution is -2.25. The molecule has 37 heavy (non-hydrogen) atoms. The Morgan fingerprint density at radius 3 is 1.62 bits per heavy atom. The molecule has 4 aromatic rings. The smallest absolute Gasteiger partial charge is 0.429 e. The molecular formula is C26H12F10O. The van der Waals surface area contributed by atoms with Crippen molar-refractivity contribution in [3.8, 4) is 28.0 Å². The summed E-state index contributed by atoms with van der Waals surface area (Å²) in [5.41, 5.74) is -4.10. The standard InChI is InChI=1S/C26H12F10O/c1-11-2-4-16(24(33)23(11)32)13-6-18(28)22(19(29)7-13)26(35,36)37-14-3-5-15(17(27)10-14)12-8-20(30)25(34)21(31)9-12/h2-10H,1H3. The van der Waals surface area contributed by atoms with Gasteiger partial charge >= 0.3 is 6.11 Å². The van der Waals surface area contributed by atoms with Gasteiger partial charge in [-0.25, -0.2) is 35.1 Å². The molecule has 4 aromatic carbocycles. The minimum Gasteiger partial charge on any atom is -0.429 e. The highest BCUT2D eigenvalue weighted by molar-refractivity contribution is 5.66. The Balaban J connectivity index is 1.66. The van der Waals surface area contributed by atoms with E-state index in [0.717, 1.165) is 24.3 Å². The second-order valence-electron chi connectivity index (χ2n) is 7.89. The van der Waals surface area contributed by atoms with Crippen LogP contribution in [0.1, 0.15) is 11.1 Å². The van der Waals surface area contributed by atoms with Gasteiger partial charge in [-0.15, -0.1) is 0 Å². The van der Waals surface area contributed by atoms with E-state index < -0.39 is 86.2 Å². The molecule has 0 atom stereocenters. The van der Waals surface area contributed by atoms with Crippen molar-refractivity contribution in [2.24, 2.45) is 0 Å². The van der Waals surface area contributed by atoms with Crippen molar-refractivity contribution in [2.75, 3.05) is 0 Å². The summed E-state index contributed by atoms with van der Waals surface area (Å²) >= 11 is 0. The molecule has 0 spiro atoms. The number of rotatable bonds is 5. The van der Waals surface area contributed by atoms with Crippen molar-refractivity contribution in [1.29, 1.82) is 0 Å². The third kappa shape index (κ3) is 4.85. The average Bonchev–Trinajstić information content (AvgIpc) is 2.80. The SMILES string of the molecule is Cc1ccc(-c2cc(F)c(C(F)(F)Oc3ccc(-c4cc(F)c(F)c(F)c4)c(F)c3)c(F)c2)c(F)c1F. The van der Waals surface area contributed by atoms with E-state index in [1.807, 2.05) is 0 Å². The molecule has 0 heterocycles. The molecule has 0 saturated carbocycles. The molecule has 1 nitrogen and oxygen atoms in total. The number of halogens is 10. The molecule has 11 heteroatoms. The fourth-order valence-electron chi connectivity index (χ4n) is 3.58. The second kappa shape index (κ2) is 9.45. The van der Waals surface area contributed by atoms with Gasteiger partial charge in [-0.3, -0.25) is 0 Å². The Kier molecular flexibility index (Phi) is 6.66. The van der Waals surface area contributed by atoms with Crippen molar-refractivity contribution >= 4 is 0 Å². The van der Waals surface area contributed by atoms with E-state index >= 15 is 0 Å². The molecular weight excluding hydrogens is 518 g/mol. The number of hydrogen-bond donors (Lipinski definition) is 0. The van der Waals surface area contributed by atoms with Gasteiger partial charge in [-0.05, 0) is 60.0 Å². The molecule has 0 unspecified atom stereocenters. The van der Waals surface area contributed by atoms with Crippen molar-refractivity contribution in [3.05, 3.63) is 112 Å². The molecule has 0 N–H and O–H groups in total. The predicted octanol–water partition coefficient (Wildman–Crippen LogP) is 8.57. The molecule has 0 bridgehead atoms. The summed E-state index contributed by atoms with van der Waals surface area (Å²) in [6.07, 6.45) is -4.72. The highest BCUT2D eigenvalue weighted by Crippen LogP contribution is 2.39. The quantitative estimate of drug-likeness (QED) is 0.186. The first-order valence-electron chi connectivity index (χ1n) is 10.3. The average molecular weight is 530 g/mol. The van der Waals surface area contributed by atoms with Crippen molar-refractivity contribution < 1.29 is 48.6 Å². The minimum atomic E-state index is -4.72. The second-order valence-corrected chi connectivity index (χ2v) is 7.89. The van der Waals surface area contributed by atoms with Crippen LogP contribution >= 0.6 is 0 Å². The maximum Gasteiger partial charge on any atom is 0.432 e. The van der Waals surface area contributed by atoms with Crippen LogP contribution in [-0.2, 0) is 6.11 Å². The molecule has 0 radical (unpaired) electrons. The Bertz CT molecular complexity index is 1480. The highest BCUT2D eigenvalue weighted by atomic mass is 19.3. The van der Waals surface area contributed by atoms with Gasteiger partial charge in [0.2, 0.25) is 0 Å². The van der Waals surface area contributed by atoms with Crippen LogP contribution in [0.3, 0.4) is 0 Å². The van der Waals surface area contributed by atoms with Crippen LogP contribution in [0.2, 0.25) is 0 Å². The Morgan fingerprint density at radius 2 is 1.05 bits per heavy atom. The van der Waals surface area contributed by atoms with Crippen molar-refractivity contribution in [3.63, 3.8) is 0 Å². The summed E-state index contributed by atoms with van der Waals surface area (Å²) in [6, 6.07) is 5.65. The molecule has 0 amide bonds. The molecule has 0 saturated heterocycles. The van der Waals surface area contributed by atoms with Crippen LogP contribution < -0.4 is 4.74 Å². The highest BCUT2D eigenvalue weighted by Gasteiger charge is 2.41. The molecule has 0 aliphatic carbocycles. The zero-order chi connectivity index (χ0) is 27.2. The fraction of sp³-hybridized carbons (Fsp3) is 0.0769. The summed E-state index contributed by atoms with van der Waals surface area (Å²) < 4.78 is 145. The summed E-state index contributed by atoms with van der Waals surface area (Å²) in [5, 5.41) is 0. The number of alkyl halides is 2. The van der Waals surface area contributed by atoms with Crippen LogP contribution in [0, 0.1) is 53.5 Å². The van der Waals surface area contributed by atoms with Crippen LogP contribution in [0.5, 0.6) is 5.75 Å². The van der Waals surface area contributed by atoms with E-state index in [0.29, 0.717) is 30.3 Å². The Labute approximate surface area is 202 Å². The zero-order valence-corrected chi connectivity index (χ0v) is 18.4. The monoisotopic (exact) mass is 530 g/mol. The molecule has 0 aromatic heterocycles. The minimum absolute atomic E-state index is 0.0910. The van der Waals surface area contributed by atoms with Gasteiger partial charge in [0.25, 0.3) is 0 Å². The lowest BCUT2D eigenvalue weighted by atomic mass is 10.00. The van der Waals surface area contributed by atoms with Gasteiger partial charge in [0, 0.05) is 17.2 Å². The Hall–Kier alpha value is -4.02. The molecule has 0 aliphatic heterocycles. The van der Waals surface area contributed by atoms with Gasteiger partial charge in [0.1, 0.15) is 28.8 Å². The number of benzene rings is 4. The van der Waals surface area contributed by atoms with Gasteiger partial charge in [0.05, 0.1) is 0 Å². The van der Waals surface area contributed by atoms with Crippen molar-refractivity contribution in [2.45, 2.75) is 13.0 Å². The molecule has 0 aliphatic rings. The van der Waals surface area contributed by atoms with Gasteiger partial charge < -0.3 is 4.74 Å². The van der Waals surface area contributed by atoms with E-state index in [1.165, 1.54) is 6.92 Å². The van der Waals surface area contributed by atoms with Crippen LogP contribution in [0.4, 0.5) is 43.9 Å². The first-order valence-corrected chi connectivity index (χ1v) is 10.3. The van der Waals surface area contributed by atoms with Gasteiger partial charge in [-0.1, -0.05) is 12.1 Å². The number of hydrogen-bond acceptors (Lipinski definition) is 1. The van der Waals surface area contributed by atoms with Gasteiger partial charge in [0.15, 0.2) is 29.1 Å². The lowest BCUT2D eigenvalue weighted by molar-refractivity contribution is -0.189. The Morgan fingerprint density at radius 1 is 0.541 bits per heavy atom. The van der Waals surface area contributed by atoms with Crippen LogP contribution in [-0.4, -0.2) is 0 Å². The summed E-state index contributed by atoms with van der Waals surface area (Å²) in [4.78, 5) is 0. The van der Waals surface area contributed by atoms with Crippen LogP contribution in [0.25, 0.3) is 22.3 Å². The van der Waals surface area contributed by atoms with E-state index in [4.69, 9.17) is 0 Å². The predicted molar refractivity (Wildman–Crippen MR) is 113 cm³/mol. The third-order valence-electron chi connectivity index (χ3n) is 5.40. The van der Waals surface area contributed by atoms with E-state index in [-0.39, 0.29) is 5.56 Å². The van der Waals surface area contributed by atoms with Crippen molar-refractivity contribution in [1.82, 2.24) is 0 Å². The summed E-state index contributed by atoms with van der Waals surface area (Å²) in [5.74, 6) is -13.7. The zero-order valence-electron chi connectivity index (χ0n) is 18.4. The summed E-state index contributed by atoms with van der Waals surface area (Å²) in [7, 11) is 0. The normalized spacial score (nSPS) is 11.6. The number of aryl methyl sites for hydroxylation is 1. The van der Waals surface area contributed by atoms with E-state index in [2.05, 4.69) is 4.74 Å². The van der Waals surface area contributed by atoms with E-state index in [9.17, 15) is 43.9 Å². The fourth-order valence-corrected chi connectivity index (χ4v) is 3.58. The third-order valence-corrected chi connectivity index (χ3v) is 5.40. The topological polar surface area (TPSA) is 9.23 Å². The van der Waals surface area contributed by atoms with E-state index in [1.54, 1.807) is 0 Å². The summed E-state index contributed by atoms with van der Waals surface area (Å²) in [6.45, 7) is 1.25. The largest absolute Gasteiger partial charge is 0.432 e. The first-order chi connectivity index (χ1) is 17.3. The van der Waals surface area contributed by atoms with Gasteiger partial charge in [-0.2, -0.15) is 8.78 Å². The number of ether oxygens (including phenoxy) is 1.